The Labute approximate surface area is 128 Å². The fourth-order valence-corrected chi connectivity index (χ4v) is 2.18. The molecule has 0 aliphatic rings. The number of nitrogens with zero attached hydrogens (tertiary/aromatic N) is 1. The van der Waals surface area contributed by atoms with Crippen molar-refractivity contribution < 1.29 is 9.66 Å². The number of rotatable bonds is 6. The molecule has 110 valence electrons. The van der Waals surface area contributed by atoms with Crippen LogP contribution in [-0.4, -0.2) is 4.92 Å². The molecule has 0 saturated heterocycles. The second kappa shape index (κ2) is 7.09. The first-order valence-electron chi connectivity index (χ1n) is 6.74. The first kappa shape index (κ1) is 15.3. The predicted octanol–water partition coefficient (Wildman–Crippen LogP) is 5.08. The molecule has 2 aromatic carbocycles. The highest BCUT2D eigenvalue weighted by Crippen LogP contribution is 2.32. The third kappa shape index (κ3) is 3.95. The molecule has 0 aromatic heterocycles. The second-order valence-corrected chi connectivity index (χ2v) is 4.96. The van der Waals surface area contributed by atoms with Gasteiger partial charge in [0.2, 0.25) is 5.75 Å². The van der Waals surface area contributed by atoms with Crippen molar-refractivity contribution in [1.82, 2.24) is 0 Å². The molecule has 21 heavy (non-hydrogen) atoms. The summed E-state index contributed by atoms with van der Waals surface area (Å²) in [6, 6.07) is 12.3. The number of hydrogen-bond donors (Lipinski definition) is 0. The lowest BCUT2D eigenvalue weighted by atomic mass is 10.1. The molecule has 0 bridgehead atoms. The number of aryl methyl sites for hydroxylation is 1. The molecular formula is C16H16ClNO3. The van der Waals surface area contributed by atoms with Crippen molar-refractivity contribution >= 4 is 17.3 Å². The summed E-state index contributed by atoms with van der Waals surface area (Å²) in [5.41, 5.74) is 1.83. The van der Waals surface area contributed by atoms with Gasteiger partial charge in [0.25, 0.3) is 0 Å². The van der Waals surface area contributed by atoms with Gasteiger partial charge in [-0.15, -0.1) is 11.6 Å². The minimum Gasteiger partial charge on any atom is -0.450 e. The van der Waals surface area contributed by atoms with Crippen LogP contribution >= 0.6 is 11.6 Å². The monoisotopic (exact) mass is 305 g/mol. The summed E-state index contributed by atoms with van der Waals surface area (Å²) < 4.78 is 5.62. The van der Waals surface area contributed by atoms with Crippen LogP contribution in [0.25, 0.3) is 0 Å². The van der Waals surface area contributed by atoms with Crippen LogP contribution in [-0.2, 0) is 12.3 Å². The van der Waals surface area contributed by atoms with E-state index in [-0.39, 0.29) is 17.3 Å². The van der Waals surface area contributed by atoms with Crippen LogP contribution in [0.5, 0.6) is 11.5 Å². The molecule has 0 atom stereocenters. The van der Waals surface area contributed by atoms with Gasteiger partial charge in [-0.2, -0.15) is 0 Å². The maximum atomic E-state index is 11.1. The molecule has 0 saturated carbocycles. The van der Waals surface area contributed by atoms with Crippen LogP contribution < -0.4 is 4.74 Å². The summed E-state index contributed by atoms with van der Waals surface area (Å²) >= 11 is 5.70. The Morgan fingerprint density at radius 3 is 2.38 bits per heavy atom. The van der Waals surface area contributed by atoms with E-state index in [9.17, 15) is 10.1 Å². The predicted molar refractivity (Wildman–Crippen MR) is 83.2 cm³/mol. The Bertz CT molecular complexity index is 626. The largest absolute Gasteiger partial charge is 0.450 e. The fourth-order valence-electron chi connectivity index (χ4n) is 2.01. The Morgan fingerprint density at radius 2 is 1.81 bits per heavy atom. The van der Waals surface area contributed by atoms with Gasteiger partial charge in [0.05, 0.1) is 4.92 Å². The van der Waals surface area contributed by atoms with Crippen molar-refractivity contribution in [3.63, 3.8) is 0 Å². The highest BCUT2D eigenvalue weighted by molar-refractivity contribution is 6.17. The molecule has 5 heteroatoms. The highest BCUT2D eigenvalue weighted by atomic mass is 35.5. The molecule has 0 aliphatic heterocycles. The van der Waals surface area contributed by atoms with E-state index in [4.69, 9.17) is 16.3 Å². The summed E-state index contributed by atoms with van der Waals surface area (Å²) in [5, 5.41) is 11.1. The van der Waals surface area contributed by atoms with Crippen molar-refractivity contribution in [2.75, 3.05) is 0 Å². The summed E-state index contributed by atoms with van der Waals surface area (Å²) in [6.07, 6.45) is 2.08. The van der Waals surface area contributed by atoms with E-state index in [2.05, 4.69) is 6.92 Å². The van der Waals surface area contributed by atoms with Crippen LogP contribution in [0.3, 0.4) is 0 Å². The van der Waals surface area contributed by atoms with Crippen molar-refractivity contribution in [3.8, 4) is 11.5 Å². The van der Waals surface area contributed by atoms with Crippen LogP contribution in [0.4, 0.5) is 5.69 Å². The topological polar surface area (TPSA) is 52.4 Å². The lowest BCUT2D eigenvalue weighted by molar-refractivity contribution is -0.385. The molecule has 0 unspecified atom stereocenters. The number of nitro groups is 1. The Morgan fingerprint density at radius 1 is 1.14 bits per heavy atom. The van der Waals surface area contributed by atoms with Gasteiger partial charge in [0, 0.05) is 11.9 Å². The van der Waals surface area contributed by atoms with E-state index in [0.717, 1.165) is 12.8 Å². The molecule has 0 radical (unpaired) electrons. The quantitative estimate of drug-likeness (QED) is 0.425. The van der Waals surface area contributed by atoms with E-state index in [1.807, 2.05) is 24.3 Å². The Balaban J connectivity index is 2.24. The molecule has 0 heterocycles. The van der Waals surface area contributed by atoms with Crippen LogP contribution in [0, 0.1) is 10.1 Å². The van der Waals surface area contributed by atoms with Crippen molar-refractivity contribution in [2.24, 2.45) is 0 Å². The van der Waals surface area contributed by atoms with E-state index in [0.29, 0.717) is 11.3 Å². The number of ether oxygens (including phenoxy) is 1. The summed E-state index contributed by atoms with van der Waals surface area (Å²) in [7, 11) is 0. The lowest BCUT2D eigenvalue weighted by Crippen LogP contribution is -1.95. The molecule has 0 spiro atoms. The normalized spacial score (nSPS) is 10.4. The van der Waals surface area contributed by atoms with Gasteiger partial charge in [0.1, 0.15) is 5.75 Å². The molecule has 4 nitrogen and oxygen atoms in total. The van der Waals surface area contributed by atoms with Crippen LogP contribution in [0.2, 0.25) is 0 Å². The molecule has 2 aromatic rings. The van der Waals surface area contributed by atoms with Crippen LogP contribution in [0.15, 0.2) is 42.5 Å². The smallest absolute Gasteiger partial charge is 0.311 e. The molecule has 0 amide bonds. The van der Waals surface area contributed by atoms with Gasteiger partial charge in [-0.3, -0.25) is 10.1 Å². The highest BCUT2D eigenvalue weighted by Gasteiger charge is 2.16. The zero-order chi connectivity index (χ0) is 15.2. The van der Waals surface area contributed by atoms with Crippen molar-refractivity contribution in [3.05, 3.63) is 63.7 Å². The first-order valence-corrected chi connectivity index (χ1v) is 7.27. The van der Waals surface area contributed by atoms with E-state index in [1.54, 1.807) is 12.1 Å². The van der Waals surface area contributed by atoms with Gasteiger partial charge >= 0.3 is 5.69 Å². The zero-order valence-electron chi connectivity index (χ0n) is 11.7. The van der Waals surface area contributed by atoms with Crippen molar-refractivity contribution in [2.45, 2.75) is 25.6 Å². The molecule has 0 fully saturated rings. The van der Waals surface area contributed by atoms with Gasteiger partial charge in [-0.05, 0) is 35.7 Å². The molecular weight excluding hydrogens is 290 g/mol. The number of halogens is 1. The van der Waals surface area contributed by atoms with E-state index >= 15 is 0 Å². The minimum atomic E-state index is -0.461. The summed E-state index contributed by atoms with van der Waals surface area (Å²) in [4.78, 5) is 10.6. The Kier molecular flexibility index (Phi) is 5.17. The first-order chi connectivity index (χ1) is 10.1. The number of hydrogen-bond acceptors (Lipinski definition) is 3. The minimum absolute atomic E-state index is 0.0780. The zero-order valence-corrected chi connectivity index (χ0v) is 12.5. The number of benzene rings is 2. The fraction of sp³-hybridized carbons (Fsp3) is 0.250. The van der Waals surface area contributed by atoms with E-state index in [1.165, 1.54) is 11.6 Å². The summed E-state index contributed by atoms with van der Waals surface area (Å²) in [6.45, 7) is 2.12. The third-order valence-corrected chi connectivity index (χ3v) is 3.37. The third-order valence-electron chi connectivity index (χ3n) is 3.06. The van der Waals surface area contributed by atoms with Crippen LogP contribution in [0.1, 0.15) is 24.5 Å². The number of nitro benzene ring substituents is 1. The number of alkyl halides is 1. The maximum Gasteiger partial charge on any atom is 0.311 e. The van der Waals surface area contributed by atoms with Gasteiger partial charge in [-0.25, -0.2) is 0 Å². The molecule has 0 aliphatic carbocycles. The maximum absolute atomic E-state index is 11.1. The second-order valence-electron chi connectivity index (χ2n) is 4.69. The average molecular weight is 306 g/mol. The Hall–Kier alpha value is -2.07. The summed E-state index contributed by atoms with van der Waals surface area (Å²) in [5.74, 6) is 1.03. The van der Waals surface area contributed by atoms with Gasteiger partial charge in [0.15, 0.2) is 0 Å². The molecule has 2 rings (SSSR count). The standard InChI is InChI=1S/C16H16ClNO3/c1-2-3-12-4-7-14(8-5-12)21-16-9-6-13(11-17)10-15(16)18(19)20/h4-10H,2-3,11H2,1H3. The lowest BCUT2D eigenvalue weighted by Gasteiger charge is -2.08. The van der Waals surface area contributed by atoms with E-state index < -0.39 is 4.92 Å². The molecule has 0 N–H and O–H groups in total. The SMILES string of the molecule is CCCc1ccc(Oc2ccc(CCl)cc2[N+](=O)[O-])cc1. The average Bonchev–Trinajstić information content (AvgIpc) is 2.49. The van der Waals surface area contributed by atoms with Gasteiger partial charge < -0.3 is 4.74 Å². The van der Waals surface area contributed by atoms with Crippen molar-refractivity contribution in [1.29, 1.82) is 0 Å². The van der Waals surface area contributed by atoms with Gasteiger partial charge in [-0.1, -0.05) is 31.5 Å².